The van der Waals surface area contributed by atoms with Crippen molar-refractivity contribution < 1.29 is 14.3 Å². The van der Waals surface area contributed by atoms with E-state index < -0.39 is 0 Å². The fourth-order valence-corrected chi connectivity index (χ4v) is 3.20. The number of anilines is 1. The number of pyridine rings is 1. The van der Waals surface area contributed by atoms with Gasteiger partial charge in [0.2, 0.25) is 0 Å². The van der Waals surface area contributed by atoms with Gasteiger partial charge < -0.3 is 19.7 Å². The Bertz CT molecular complexity index is 964. The topological polar surface area (TPSA) is 81.5 Å². The SMILES string of the molecule is COc1ccc(-n2ccc(CNC(=O)c3cccnc3N3CCOCC3)n2)cc1. The number of rotatable bonds is 6. The molecule has 150 valence electrons. The van der Waals surface area contributed by atoms with Gasteiger partial charge in [0.05, 0.1) is 43.8 Å². The summed E-state index contributed by atoms with van der Waals surface area (Å²) >= 11 is 0. The number of ether oxygens (including phenoxy) is 2. The zero-order chi connectivity index (χ0) is 20.1. The lowest BCUT2D eigenvalue weighted by Crippen LogP contribution is -2.38. The first-order valence-electron chi connectivity index (χ1n) is 9.49. The second kappa shape index (κ2) is 8.74. The molecule has 1 aliphatic rings. The molecule has 3 aromatic rings. The van der Waals surface area contributed by atoms with Crippen LogP contribution in [0.4, 0.5) is 5.82 Å². The van der Waals surface area contributed by atoms with Crippen molar-refractivity contribution in [2.45, 2.75) is 6.54 Å². The fourth-order valence-electron chi connectivity index (χ4n) is 3.20. The van der Waals surface area contributed by atoms with Gasteiger partial charge in [-0.05, 0) is 42.5 Å². The van der Waals surface area contributed by atoms with Gasteiger partial charge in [-0.2, -0.15) is 5.10 Å². The number of morpholine rings is 1. The average Bonchev–Trinajstić information content (AvgIpc) is 3.27. The molecule has 0 radical (unpaired) electrons. The van der Waals surface area contributed by atoms with E-state index in [9.17, 15) is 4.79 Å². The monoisotopic (exact) mass is 393 g/mol. The number of hydrogen-bond donors (Lipinski definition) is 1. The van der Waals surface area contributed by atoms with Crippen LogP contribution < -0.4 is 15.0 Å². The van der Waals surface area contributed by atoms with E-state index in [0.29, 0.717) is 31.1 Å². The van der Waals surface area contributed by atoms with Crippen LogP contribution in [0.25, 0.3) is 5.69 Å². The van der Waals surface area contributed by atoms with Gasteiger partial charge in [-0.1, -0.05) is 0 Å². The summed E-state index contributed by atoms with van der Waals surface area (Å²) in [6.07, 6.45) is 3.57. The molecule has 1 N–H and O–H groups in total. The van der Waals surface area contributed by atoms with Crippen molar-refractivity contribution >= 4 is 11.7 Å². The summed E-state index contributed by atoms with van der Waals surface area (Å²) in [7, 11) is 1.64. The maximum atomic E-state index is 12.8. The number of nitrogens with zero attached hydrogens (tertiary/aromatic N) is 4. The molecule has 1 fully saturated rings. The Labute approximate surface area is 169 Å². The van der Waals surface area contributed by atoms with E-state index >= 15 is 0 Å². The zero-order valence-corrected chi connectivity index (χ0v) is 16.2. The highest BCUT2D eigenvalue weighted by Crippen LogP contribution is 2.19. The summed E-state index contributed by atoms with van der Waals surface area (Å²) in [4.78, 5) is 19.3. The Morgan fingerprint density at radius 2 is 1.97 bits per heavy atom. The molecule has 0 bridgehead atoms. The third-order valence-corrected chi connectivity index (χ3v) is 4.75. The normalized spacial score (nSPS) is 13.9. The highest BCUT2D eigenvalue weighted by Gasteiger charge is 2.19. The molecular formula is C21H23N5O3. The predicted octanol–water partition coefficient (Wildman–Crippen LogP) is 2.04. The standard InChI is InChI=1S/C21H23N5O3/c1-28-18-6-4-17(5-7-18)26-10-8-16(24-26)15-23-21(27)19-3-2-9-22-20(19)25-11-13-29-14-12-25/h2-10H,11-15H2,1H3,(H,23,27). The molecule has 1 aromatic carbocycles. The van der Waals surface area contributed by atoms with Crippen molar-refractivity contribution in [1.82, 2.24) is 20.1 Å². The number of benzene rings is 1. The summed E-state index contributed by atoms with van der Waals surface area (Å²) in [6, 6.07) is 13.1. The molecule has 4 rings (SSSR count). The Morgan fingerprint density at radius 3 is 2.72 bits per heavy atom. The minimum atomic E-state index is -0.168. The molecule has 0 spiro atoms. The van der Waals surface area contributed by atoms with Gasteiger partial charge in [0.25, 0.3) is 5.91 Å². The van der Waals surface area contributed by atoms with Crippen LogP contribution >= 0.6 is 0 Å². The lowest BCUT2D eigenvalue weighted by atomic mass is 10.2. The minimum Gasteiger partial charge on any atom is -0.497 e. The molecule has 8 heteroatoms. The van der Waals surface area contributed by atoms with E-state index in [0.717, 1.165) is 30.2 Å². The first-order chi connectivity index (χ1) is 14.2. The highest BCUT2D eigenvalue weighted by molar-refractivity contribution is 5.98. The molecule has 2 aromatic heterocycles. The van der Waals surface area contributed by atoms with Gasteiger partial charge in [0, 0.05) is 25.5 Å². The van der Waals surface area contributed by atoms with Crippen molar-refractivity contribution in [1.29, 1.82) is 0 Å². The zero-order valence-electron chi connectivity index (χ0n) is 16.2. The van der Waals surface area contributed by atoms with Crippen molar-refractivity contribution in [2.75, 3.05) is 38.3 Å². The van der Waals surface area contributed by atoms with Crippen LogP contribution in [0.5, 0.6) is 5.75 Å². The van der Waals surface area contributed by atoms with Gasteiger partial charge in [0.15, 0.2) is 0 Å². The second-order valence-electron chi connectivity index (χ2n) is 6.61. The number of nitrogens with one attached hydrogen (secondary N) is 1. The second-order valence-corrected chi connectivity index (χ2v) is 6.61. The van der Waals surface area contributed by atoms with E-state index in [1.54, 1.807) is 30.1 Å². The molecule has 1 saturated heterocycles. The van der Waals surface area contributed by atoms with E-state index in [1.807, 2.05) is 36.5 Å². The number of hydrogen-bond acceptors (Lipinski definition) is 6. The molecular weight excluding hydrogens is 370 g/mol. The number of carbonyl (C=O) groups excluding carboxylic acids is 1. The van der Waals surface area contributed by atoms with Crippen LogP contribution in [0.3, 0.4) is 0 Å². The minimum absolute atomic E-state index is 0.168. The fraction of sp³-hybridized carbons (Fsp3) is 0.286. The Hall–Kier alpha value is -3.39. The molecule has 0 atom stereocenters. The third kappa shape index (κ3) is 4.38. The molecule has 8 nitrogen and oxygen atoms in total. The lowest BCUT2D eigenvalue weighted by Gasteiger charge is -2.29. The molecule has 29 heavy (non-hydrogen) atoms. The molecule has 1 aliphatic heterocycles. The Morgan fingerprint density at radius 1 is 1.17 bits per heavy atom. The smallest absolute Gasteiger partial charge is 0.255 e. The maximum absolute atomic E-state index is 12.8. The average molecular weight is 393 g/mol. The van der Waals surface area contributed by atoms with Gasteiger partial charge in [-0.3, -0.25) is 4.79 Å². The van der Waals surface area contributed by atoms with Gasteiger partial charge in [-0.25, -0.2) is 9.67 Å². The summed E-state index contributed by atoms with van der Waals surface area (Å²) in [5, 5.41) is 7.48. The van der Waals surface area contributed by atoms with Gasteiger partial charge in [0.1, 0.15) is 11.6 Å². The molecule has 1 amide bonds. The van der Waals surface area contributed by atoms with Crippen LogP contribution in [-0.2, 0) is 11.3 Å². The van der Waals surface area contributed by atoms with Crippen LogP contribution in [0, 0.1) is 0 Å². The maximum Gasteiger partial charge on any atom is 0.255 e. The van der Waals surface area contributed by atoms with Crippen molar-refractivity contribution in [3.8, 4) is 11.4 Å². The van der Waals surface area contributed by atoms with E-state index in [2.05, 4.69) is 20.3 Å². The van der Waals surface area contributed by atoms with E-state index in [1.165, 1.54) is 0 Å². The molecule has 0 aliphatic carbocycles. The number of aromatic nitrogens is 3. The quantitative estimate of drug-likeness (QED) is 0.690. The molecule has 0 unspecified atom stereocenters. The third-order valence-electron chi connectivity index (χ3n) is 4.75. The molecule has 3 heterocycles. The molecule has 0 saturated carbocycles. The number of amides is 1. The van der Waals surface area contributed by atoms with E-state index in [-0.39, 0.29) is 5.91 Å². The summed E-state index contributed by atoms with van der Waals surface area (Å²) in [5.41, 5.74) is 2.25. The first kappa shape index (κ1) is 18.9. The summed E-state index contributed by atoms with van der Waals surface area (Å²) < 4.78 is 12.3. The number of methoxy groups -OCH3 is 1. The van der Waals surface area contributed by atoms with Gasteiger partial charge in [-0.15, -0.1) is 0 Å². The first-order valence-corrected chi connectivity index (χ1v) is 9.49. The van der Waals surface area contributed by atoms with Crippen molar-refractivity contribution in [2.24, 2.45) is 0 Å². The summed E-state index contributed by atoms with van der Waals surface area (Å²) in [5.74, 6) is 1.32. The van der Waals surface area contributed by atoms with Gasteiger partial charge >= 0.3 is 0 Å². The van der Waals surface area contributed by atoms with Crippen molar-refractivity contribution in [3.63, 3.8) is 0 Å². The predicted molar refractivity (Wildman–Crippen MR) is 109 cm³/mol. The van der Waals surface area contributed by atoms with Crippen LogP contribution in [-0.4, -0.2) is 54.1 Å². The Balaban J connectivity index is 1.42. The lowest BCUT2D eigenvalue weighted by molar-refractivity contribution is 0.0948. The van der Waals surface area contributed by atoms with Crippen LogP contribution in [0.1, 0.15) is 16.1 Å². The Kier molecular flexibility index (Phi) is 5.71. The van der Waals surface area contributed by atoms with Crippen LogP contribution in [0.15, 0.2) is 54.9 Å². The summed E-state index contributed by atoms with van der Waals surface area (Å²) in [6.45, 7) is 3.06. The van der Waals surface area contributed by atoms with Crippen LogP contribution in [0.2, 0.25) is 0 Å². The van der Waals surface area contributed by atoms with E-state index in [4.69, 9.17) is 9.47 Å². The highest BCUT2D eigenvalue weighted by atomic mass is 16.5. The largest absolute Gasteiger partial charge is 0.497 e. The van der Waals surface area contributed by atoms with Crippen molar-refractivity contribution in [3.05, 3.63) is 66.1 Å². The number of carbonyl (C=O) groups is 1.